The molecule has 0 saturated carbocycles. The van der Waals surface area contributed by atoms with Crippen molar-refractivity contribution in [2.45, 2.75) is 39.3 Å². The standard InChI is InChI=1S/C11H26N2O/c1-10(2)13(8-9-14-5)11(3)6-7-12-4/h10-12H,6-9H2,1-5H3. The quantitative estimate of drug-likeness (QED) is 0.643. The van der Waals surface area contributed by atoms with Crippen LogP contribution in [0.2, 0.25) is 0 Å². The van der Waals surface area contributed by atoms with Gasteiger partial charge in [-0.15, -0.1) is 0 Å². The van der Waals surface area contributed by atoms with Gasteiger partial charge in [-0.05, 0) is 40.8 Å². The van der Waals surface area contributed by atoms with Crippen LogP contribution < -0.4 is 5.32 Å². The van der Waals surface area contributed by atoms with Gasteiger partial charge in [-0.3, -0.25) is 4.90 Å². The average Bonchev–Trinajstić information content (AvgIpc) is 2.14. The number of nitrogens with one attached hydrogen (secondary N) is 1. The Balaban J connectivity index is 3.91. The molecule has 0 aliphatic carbocycles. The van der Waals surface area contributed by atoms with E-state index >= 15 is 0 Å². The fourth-order valence-electron chi connectivity index (χ4n) is 1.70. The van der Waals surface area contributed by atoms with Crippen LogP contribution in [-0.2, 0) is 4.74 Å². The molecular weight excluding hydrogens is 176 g/mol. The van der Waals surface area contributed by atoms with Crippen LogP contribution in [0.4, 0.5) is 0 Å². The fraction of sp³-hybridized carbons (Fsp3) is 1.00. The molecule has 0 aromatic heterocycles. The smallest absolute Gasteiger partial charge is 0.0589 e. The molecule has 0 heterocycles. The second-order valence-corrected chi connectivity index (χ2v) is 4.07. The first-order valence-electron chi connectivity index (χ1n) is 5.52. The van der Waals surface area contributed by atoms with E-state index in [1.165, 1.54) is 6.42 Å². The Morgan fingerprint density at radius 3 is 2.36 bits per heavy atom. The van der Waals surface area contributed by atoms with E-state index in [0.717, 1.165) is 19.7 Å². The molecule has 0 fully saturated rings. The largest absolute Gasteiger partial charge is 0.383 e. The summed E-state index contributed by atoms with van der Waals surface area (Å²) in [7, 11) is 3.76. The molecule has 0 aromatic rings. The highest BCUT2D eigenvalue weighted by molar-refractivity contribution is 4.71. The molecule has 0 aromatic carbocycles. The zero-order valence-electron chi connectivity index (χ0n) is 10.3. The summed E-state index contributed by atoms with van der Waals surface area (Å²) < 4.78 is 5.12. The maximum atomic E-state index is 5.12. The first-order valence-corrected chi connectivity index (χ1v) is 5.52. The number of rotatable bonds is 8. The lowest BCUT2D eigenvalue weighted by Crippen LogP contribution is -2.41. The van der Waals surface area contributed by atoms with Crippen molar-refractivity contribution in [2.75, 3.05) is 33.9 Å². The molecule has 0 spiro atoms. The van der Waals surface area contributed by atoms with Crippen LogP contribution in [0.15, 0.2) is 0 Å². The normalized spacial score (nSPS) is 13.9. The minimum absolute atomic E-state index is 0.594. The molecule has 0 aliphatic heterocycles. The van der Waals surface area contributed by atoms with Crippen LogP contribution in [0.25, 0.3) is 0 Å². The predicted octanol–water partition coefficient (Wildman–Crippen LogP) is 1.34. The Morgan fingerprint density at radius 2 is 1.93 bits per heavy atom. The molecule has 14 heavy (non-hydrogen) atoms. The third-order valence-electron chi connectivity index (χ3n) is 2.60. The number of nitrogens with zero attached hydrogens (tertiary/aromatic N) is 1. The van der Waals surface area contributed by atoms with Gasteiger partial charge in [-0.1, -0.05) is 0 Å². The lowest BCUT2D eigenvalue weighted by molar-refractivity contribution is 0.0985. The van der Waals surface area contributed by atoms with Gasteiger partial charge in [0.25, 0.3) is 0 Å². The summed E-state index contributed by atoms with van der Waals surface area (Å²) in [5, 5.41) is 3.19. The minimum atomic E-state index is 0.594. The third kappa shape index (κ3) is 5.58. The Morgan fingerprint density at radius 1 is 1.29 bits per heavy atom. The van der Waals surface area contributed by atoms with Crippen LogP contribution in [0.5, 0.6) is 0 Å². The van der Waals surface area contributed by atoms with E-state index < -0.39 is 0 Å². The molecule has 0 rings (SSSR count). The van der Waals surface area contributed by atoms with Gasteiger partial charge in [-0.25, -0.2) is 0 Å². The Labute approximate surface area is 88.8 Å². The molecule has 3 nitrogen and oxygen atoms in total. The van der Waals surface area contributed by atoms with E-state index in [0.29, 0.717) is 12.1 Å². The maximum absolute atomic E-state index is 5.12. The third-order valence-corrected chi connectivity index (χ3v) is 2.60. The van der Waals surface area contributed by atoms with Crippen molar-refractivity contribution in [2.24, 2.45) is 0 Å². The van der Waals surface area contributed by atoms with Gasteiger partial charge in [0.05, 0.1) is 6.61 Å². The summed E-state index contributed by atoms with van der Waals surface area (Å²) in [5.41, 5.74) is 0. The topological polar surface area (TPSA) is 24.5 Å². The van der Waals surface area contributed by atoms with Crippen LogP contribution in [0, 0.1) is 0 Å². The minimum Gasteiger partial charge on any atom is -0.383 e. The zero-order valence-corrected chi connectivity index (χ0v) is 10.3. The molecule has 0 amide bonds. The molecule has 3 heteroatoms. The van der Waals surface area contributed by atoms with Gasteiger partial charge < -0.3 is 10.1 Å². The van der Waals surface area contributed by atoms with E-state index in [1.54, 1.807) is 7.11 Å². The highest BCUT2D eigenvalue weighted by Gasteiger charge is 2.15. The van der Waals surface area contributed by atoms with Crippen molar-refractivity contribution < 1.29 is 4.74 Å². The fourth-order valence-corrected chi connectivity index (χ4v) is 1.70. The Hall–Kier alpha value is -0.120. The number of ether oxygens (including phenoxy) is 1. The average molecular weight is 202 g/mol. The van der Waals surface area contributed by atoms with E-state index in [-0.39, 0.29) is 0 Å². The number of hydrogen-bond donors (Lipinski definition) is 1. The monoisotopic (exact) mass is 202 g/mol. The summed E-state index contributed by atoms with van der Waals surface area (Å²) in [5.74, 6) is 0. The number of hydrogen-bond acceptors (Lipinski definition) is 3. The van der Waals surface area contributed by atoms with Gasteiger partial charge in [0.2, 0.25) is 0 Å². The van der Waals surface area contributed by atoms with Crippen molar-refractivity contribution >= 4 is 0 Å². The summed E-state index contributed by atoms with van der Waals surface area (Å²) in [6, 6.07) is 1.22. The Kier molecular flexibility index (Phi) is 8.14. The SMILES string of the molecule is CNCCC(C)N(CCOC)C(C)C. The molecule has 1 N–H and O–H groups in total. The van der Waals surface area contributed by atoms with E-state index in [2.05, 4.69) is 31.0 Å². The van der Waals surface area contributed by atoms with Crippen LogP contribution in [-0.4, -0.2) is 50.8 Å². The van der Waals surface area contributed by atoms with E-state index in [9.17, 15) is 0 Å². The highest BCUT2D eigenvalue weighted by atomic mass is 16.5. The van der Waals surface area contributed by atoms with Gasteiger partial charge in [0.1, 0.15) is 0 Å². The van der Waals surface area contributed by atoms with Crippen molar-refractivity contribution in [1.29, 1.82) is 0 Å². The summed E-state index contributed by atoms with van der Waals surface area (Å²) in [6.07, 6.45) is 1.19. The van der Waals surface area contributed by atoms with Crippen LogP contribution in [0.3, 0.4) is 0 Å². The van der Waals surface area contributed by atoms with Gasteiger partial charge >= 0.3 is 0 Å². The molecule has 0 bridgehead atoms. The first-order chi connectivity index (χ1) is 6.63. The van der Waals surface area contributed by atoms with Crippen LogP contribution >= 0.6 is 0 Å². The second-order valence-electron chi connectivity index (χ2n) is 4.07. The van der Waals surface area contributed by atoms with Crippen molar-refractivity contribution in [3.05, 3.63) is 0 Å². The summed E-state index contributed by atoms with van der Waals surface area (Å²) >= 11 is 0. The van der Waals surface area contributed by atoms with E-state index in [1.807, 2.05) is 7.05 Å². The molecular formula is C11H26N2O. The van der Waals surface area contributed by atoms with Gasteiger partial charge in [0, 0.05) is 25.7 Å². The summed E-state index contributed by atoms with van der Waals surface area (Å²) in [4.78, 5) is 2.49. The molecule has 86 valence electrons. The summed E-state index contributed by atoms with van der Waals surface area (Å²) in [6.45, 7) is 9.70. The van der Waals surface area contributed by atoms with Crippen molar-refractivity contribution in [3.63, 3.8) is 0 Å². The van der Waals surface area contributed by atoms with Gasteiger partial charge in [0.15, 0.2) is 0 Å². The second kappa shape index (κ2) is 8.21. The van der Waals surface area contributed by atoms with Crippen LogP contribution in [0.1, 0.15) is 27.2 Å². The predicted molar refractivity (Wildman–Crippen MR) is 61.7 cm³/mol. The lowest BCUT2D eigenvalue weighted by atomic mass is 10.1. The highest BCUT2D eigenvalue weighted by Crippen LogP contribution is 2.07. The molecule has 1 unspecified atom stereocenters. The number of methoxy groups -OCH3 is 1. The lowest BCUT2D eigenvalue weighted by Gasteiger charge is -2.32. The first kappa shape index (κ1) is 13.9. The Bertz CT molecular complexity index is 128. The van der Waals surface area contributed by atoms with Gasteiger partial charge in [-0.2, -0.15) is 0 Å². The molecule has 0 radical (unpaired) electrons. The molecule has 0 aliphatic rings. The maximum Gasteiger partial charge on any atom is 0.0589 e. The van der Waals surface area contributed by atoms with E-state index in [4.69, 9.17) is 4.74 Å². The molecule has 0 saturated heterocycles. The van der Waals surface area contributed by atoms with Crippen molar-refractivity contribution in [3.8, 4) is 0 Å². The zero-order chi connectivity index (χ0) is 11.0. The van der Waals surface area contributed by atoms with Crippen molar-refractivity contribution in [1.82, 2.24) is 10.2 Å². The molecule has 1 atom stereocenters.